The number of rotatable bonds is 9. The second-order valence-corrected chi connectivity index (χ2v) is 14.2. The van der Waals surface area contributed by atoms with E-state index in [2.05, 4.69) is 21.6 Å². The van der Waals surface area contributed by atoms with Crippen molar-refractivity contribution in [2.75, 3.05) is 26.7 Å². The summed E-state index contributed by atoms with van der Waals surface area (Å²) in [5.74, 6) is 1.36. The van der Waals surface area contributed by atoms with Crippen LogP contribution in [0.1, 0.15) is 62.1 Å². The van der Waals surface area contributed by atoms with E-state index in [1.165, 1.54) is 37.4 Å². The molecule has 9 rings (SSSR count). The molecule has 0 aromatic heterocycles. The molecule has 2 amide bonds. The van der Waals surface area contributed by atoms with Gasteiger partial charge < -0.3 is 25.2 Å². The quantitative estimate of drug-likeness (QED) is 0.417. The summed E-state index contributed by atoms with van der Waals surface area (Å²) in [5.41, 5.74) is 2.79. The average molecular weight is 586 g/mol. The average Bonchev–Trinajstić information content (AvgIpc) is 3.75. The van der Waals surface area contributed by atoms with Crippen molar-refractivity contribution in [2.45, 2.75) is 87.5 Å². The fourth-order valence-corrected chi connectivity index (χ4v) is 10.4. The number of phenolic OH excluding ortho intramolecular Hbond substituents is 1. The summed E-state index contributed by atoms with van der Waals surface area (Å²) in [5, 5.41) is 17.2. The van der Waals surface area contributed by atoms with Crippen molar-refractivity contribution in [1.29, 1.82) is 0 Å². The van der Waals surface area contributed by atoms with E-state index < -0.39 is 11.6 Å². The summed E-state index contributed by atoms with van der Waals surface area (Å²) in [6, 6.07) is 13.5. The van der Waals surface area contributed by atoms with Crippen LogP contribution < -0.4 is 15.4 Å². The number of methoxy groups -OCH3 is 1. The number of hydrogen-bond donors (Lipinski definition) is 3. The normalized spacial score (nSPS) is 35.5. The van der Waals surface area contributed by atoms with Gasteiger partial charge in [0.15, 0.2) is 11.5 Å². The number of nitrogens with zero attached hydrogens (tertiary/aromatic N) is 1. The Labute approximate surface area is 253 Å². The molecule has 7 atom stereocenters. The molecule has 4 bridgehead atoms. The number of hydrogen-bond acceptors (Lipinski definition) is 6. The summed E-state index contributed by atoms with van der Waals surface area (Å²) in [6.07, 6.45) is 7.76. The van der Waals surface area contributed by atoms with Gasteiger partial charge in [0.05, 0.1) is 0 Å². The third-order valence-corrected chi connectivity index (χ3v) is 12.3. The summed E-state index contributed by atoms with van der Waals surface area (Å²) in [7, 11) is 1.80. The Morgan fingerprint density at radius 2 is 1.95 bits per heavy atom. The van der Waals surface area contributed by atoms with Crippen LogP contribution in [0, 0.1) is 17.3 Å². The molecule has 3 unspecified atom stereocenters. The molecule has 7 aliphatic rings. The third-order valence-electron chi connectivity index (χ3n) is 12.3. The number of amides is 2. The predicted molar refractivity (Wildman–Crippen MR) is 161 cm³/mol. The summed E-state index contributed by atoms with van der Waals surface area (Å²) in [6.45, 7) is 4.14. The fourth-order valence-electron chi connectivity index (χ4n) is 10.4. The van der Waals surface area contributed by atoms with Crippen LogP contribution in [-0.2, 0) is 32.6 Å². The highest BCUT2D eigenvalue weighted by atomic mass is 16.6. The molecule has 228 valence electrons. The van der Waals surface area contributed by atoms with Gasteiger partial charge in [0, 0.05) is 61.9 Å². The van der Waals surface area contributed by atoms with Crippen LogP contribution in [0.5, 0.6) is 11.5 Å². The van der Waals surface area contributed by atoms with Crippen molar-refractivity contribution in [3.05, 3.63) is 59.2 Å². The number of carbonyl (C=O) groups is 2. The van der Waals surface area contributed by atoms with Gasteiger partial charge in [0.1, 0.15) is 17.7 Å². The SMILES string of the molecule is COC12CC[C@@]3(CC1CNC(=O)[C@H](Cc1ccccc1)NC(C)=O)[C@H]1Cc4ccc(O)c5c4[C@@]3(CCN1CC1CC1)C2O5. The second kappa shape index (κ2) is 9.70. The van der Waals surface area contributed by atoms with Gasteiger partial charge in [0.25, 0.3) is 0 Å². The molecule has 2 aromatic carbocycles. The number of ether oxygens (including phenoxy) is 2. The van der Waals surface area contributed by atoms with Gasteiger partial charge >= 0.3 is 0 Å². The Hall–Kier alpha value is -3.10. The van der Waals surface area contributed by atoms with Gasteiger partial charge in [-0.15, -0.1) is 0 Å². The minimum absolute atomic E-state index is 0.00635. The van der Waals surface area contributed by atoms with Crippen LogP contribution in [-0.4, -0.2) is 72.4 Å². The standard InChI is InChI=1S/C35H43N3O5/c1-21(39)37-26(16-22-6-4-3-5-7-22)31(41)36-19-25-18-33-12-13-35(25,42-2)32-34(33)14-15-38(20-23-8-9-23)28(33)17-24-10-11-27(40)30(43-32)29(24)34/h3-7,10-11,23,25-26,28,32,40H,8-9,12-20H2,1-2H3,(H,36,41)(H,37,39)/t25?,26-,28+,32?,33+,34-,35?/m0/s1. The number of benzene rings is 2. The van der Waals surface area contributed by atoms with Crippen molar-refractivity contribution in [1.82, 2.24) is 15.5 Å². The minimum Gasteiger partial charge on any atom is -0.504 e. The molecule has 3 N–H and O–H groups in total. The van der Waals surface area contributed by atoms with Crippen molar-refractivity contribution >= 4 is 11.8 Å². The van der Waals surface area contributed by atoms with Gasteiger partial charge in [0.2, 0.25) is 11.8 Å². The molecule has 8 heteroatoms. The first kappa shape index (κ1) is 27.4. The van der Waals surface area contributed by atoms with Gasteiger partial charge in [-0.3, -0.25) is 14.5 Å². The lowest BCUT2D eigenvalue weighted by Gasteiger charge is -2.74. The fraction of sp³-hybridized carbons (Fsp3) is 0.600. The summed E-state index contributed by atoms with van der Waals surface area (Å²) in [4.78, 5) is 28.5. The number of aromatic hydroxyl groups is 1. The Balaban J connectivity index is 1.13. The lowest BCUT2D eigenvalue weighted by Crippen LogP contribution is -2.81. The molecule has 2 heterocycles. The largest absolute Gasteiger partial charge is 0.504 e. The van der Waals surface area contributed by atoms with Gasteiger partial charge in [-0.1, -0.05) is 36.4 Å². The Morgan fingerprint density at radius 3 is 2.70 bits per heavy atom. The first-order valence-electron chi connectivity index (χ1n) is 16.2. The molecule has 8 nitrogen and oxygen atoms in total. The van der Waals surface area contributed by atoms with Crippen molar-refractivity contribution < 1.29 is 24.2 Å². The van der Waals surface area contributed by atoms with Crippen LogP contribution in [0.2, 0.25) is 0 Å². The van der Waals surface area contributed by atoms with E-state index in [-0.39, 0.29) is 40.4 Å². The van der Waals surface area contributed by atoms with E-state index in [0.717, 1.165) is 50.1 Å². The van der Waals surface area contributed by atoms with E-state index in [0.29, 0.717) is 24.8 Å². The number of likely N-dealkylation sites (tertiary alicyclic amines) is 1. The summed E-state index contributed by atoms with van der Waals surface area (Å²) >= 11 is 0. The van der Waals surface area contributed by atoms with E-state index in [9.17, 15) is 14.7 Å². The van der Waals surface area contributed by atoms with Crippen LogP contribution in [0.4, 0.5) is 0 Å². The maximum absolute atomic E-state index is 13.7. The molecule has 2 aliphatic heterocycles. The van der Waals surface area contributed by atoms with Crippen molar-refractivity contribution in [3.63, 3.8) is 0 Å². The maximum atomic E-state index is 13.7. The number of piperidine rings is 1. The zero-order valence-electron chi connectivity index (χ0n) is 25.2. The van der Waals surface area contributed by atoms with Crippen LogP contribution in [0.3, 0.4) is 0 Å². The molecule has 43 heavy (non-hydrogen) atoms. The van der Waals surface area contributed by atoms with Gasteiger partial charge in [-0.2, -0.15) is 0 Å². The van der Waals surface area contributed by atoms with Crippen LogP contribution >= 0.6 is 0 Å². The van der Waals surface area contributed by atoms with E-state index in [1.807, 2.05) is 36.4 Å². The molecule has 5 fully saturated rings. The topological polar surface area (TPSA) is 100 Å². The first-order valence-corrected chi connectivity index (χ1v) is 16.2. The monoisotopic (exact) mass is 585 g/mol. The molecule has 2 aromatic rings. The molecular weight excluding hydrogens is 542 g/mol. The Bertz CT molecular complexity index is 1460. The minimum atomic E-state index is -0.654. The van der Waals surface area contributed by atoms with Crippen molar-refractivity contribution in [3.8, 4) is 11.5 Å². The zero-order chi connectivity index (χ0) is 29.6. The number of fused-ring (bicyclic) bond motifs is 2. The van der Waals surface area contributed by atoms with Crippen LogP contribution in [0.15, 0.2) is 42.5 Å². The Kier molecular flexibility index (Phi) is 6.19. The molecule has 2 spiro atoms. The highest BCUT2D eigenvalue weighted by Gasteiger charge is 2.80. The lowest BCUT2D eigenvalue weighted by atomic mass is 9.35. The zero-order valence-corrected chi connectivity index (χ0v) is 25.2. The van der Waals surface area contributed by atoms with E-state index in [1.54, 1.807) is 7.11 Å². The molecular formula is C35H43N3O5. The molecule has 4 saturated carbocycles. The third kappa shape index (κ3) is 3.81. The number of nitrogens with one attached hydrogen (secondary N) is 2. The van der Waals surface area contributed by atoms with E-state index in [4.69, 9.17) is 9.47 Å². The highest BCUT2D eigenvalue weighted by Crippen LogP contribution is 2.76. The van der Waals surface area contributed by atoms with Crippen LogP contribution in [0.25, 0.3) is 0 Å². The molecule has 0 radical (unpaired) electrons. The van der Waals surface area contributed by atoms with E-state index >= 15 is 0 Å². The highest BCUT2D eigenvalue weighted by molar-refractivity contribution is 5.87. The molecule has 1 saturated heterocycles. The first-order chi connectivity index (χ1) is 20.8. The number of carbonyl (C=O) groups excluding carboxylic acids is 2. The predicted octanol–water partition coefficient (Wildman–Crippen LogP) is 3.48. The van der Waals surface area contributed by atoms with Gasteiger partial charge in [-0.25, -0.2) is 0 Å². The maximum Gasteiger partial charge on any atom is 0.242 e. The molecule has 5 aliphatic carbocycles. The van der Waals surface area contributed by atoms with Crippen molar-refractivity contribution in [2.24, 2.45) is 17.3 Å². The lowest BCUT2D eigenvalue weighted by molar-refractivity contribution is -0.276. The second-order valence-electron chi connectivity index (χ2n) is 14.2. The summed E-state index contributed by atoms with van der Waals surface area (Å²) < 4.78 is 13.5. The van der Waals surface area contributed by atoms with Gasteiger partial charge in [-0.05, 0) is 74.6 Å². The smallest absolute Gasteiger partial charge is 0.242 e. The number of phenols is 1. The Morgan fingerprint density at radius 1 is 1.14 bits per heavy atom.